The van der Waals surface area contributed by atoms with Gasteiger partial charge in [0.25, 0.3) is 5.91 Å². The van der Waals surface area contributed by atoms with Crippen molar-refractivity contribution >= 4 is 11.7 Å². The number of likely N-dealkylation sites (tertiary alicyclic amines) is 1. The highest BCUT2D eigenvalue weighted by Crippen LogP contribution is 2.37. The Balaban J connectivity index is 1.78. The Morgan fingerprint density at radius 3 is 2.72 bits per heavy atom. The zero-order valence-electron chi connectivity index (χ0n) is 14.6. The molecule has 2 heterocycles. The molecule has 0 saturated carbocycles. The molecule has 4 nitrogen and oxygen atoms in total. The highest BCUT2D eigenvalue weighted by Gasteiger charge is 2.36. The van der Waals surface area contributed by atoms with Crippen molar-refractivity contribution in [2.75, 3.05) is 26.7 Å². The first kappa shape index (κ1) is 16.0. The first-order valence-corrected chi connectivity index (χ1v) is 8.75. The van der Waals surface area contributed by atoms with Crippen LogP contribution in [0.5, 0.6) is 0 Å². The Hall–Kier alpha value is -2.46. The van der Waals surface area contributed by atoms with E-state index in [0.29, 0.717) is 17.4 Å². The molecule has 0 aromatic heterocycles. The lowest BCUT2D eigenvalue weighted by Crippen LogP contribution is -2.29. The monoisotopic (exact) mass is 334 g/mol. The molecule has 2 aliphatic heterocycles. The number of hydrogen-bond donors (Lipinski definition) is 1. The molecule has 25 heavy (non-hydrogen) atoms. The molecule has 0 aliphatic carbocycles. The van der Waals surface area contributed by atoms with Crippen molar-refractivity contribution in [1.29, 1.82) is 0 Å². The maximum absolute atomic E-state index is 12.6. The van der Waals surface area contributed by atoms with Crippen LogP contribution in [0, 0.1) is 5.92 Å². The normalized spacial score (nSPS) is 22.7. The van der Waals surface area contributed by atoms with Crippen molar-refractivity contribution < 1.29 is 9.59 Å². The van der Waals surface area contributed by atoms with Gasteiger partial charge in [-0.15, -0.1) is 0 Å². The fraction of sp³-hybridized carbons (Fsp3) is 0.333. The van der Waals surface area contributed by atoms with Crippen molar-refractivity contribution in [2.24, 2.45) is 5.92 Å². The van der Waals surface area contributed by atoms with Crippen molar-refractivity contribution in [1.82, 2.24) is 10.2 Å². The number of Topliss-reactive ketones (excluding diaryl/α,β-unsaturated/α-hetero) is 1. The predicted octanol–water partition coefficient (Wildman–Crippen LogP) is 2.94. The van der Waals surface area contributed by atoms with Crippen LogP contribution in [-0.4, -0.2) is 43.3 Å². The number of hydrogen-bond acceptors (Lipinski definition) is 3. The number of nitrogens with zero attached hydrogens (tertiary/aromatic N) is 1. The van der Waals surface area contributed by atoms with Crippen LogP contribution >= 0.6 is 0 Å². The van der Waals surface area contributed by atoms with E-state index in [4.69, 9.17) is 0 Å². The van der Waals surface area contributed by atoms with E-state index in [9.17, 15) is 9.59 Å². The molecule has 2 aliphatic rings. The summed E-state index contributed by atoms with van der Waals surface area (Å²) >= 11 is 0. The molecule has 4 rings (SSSR count). The van der Waals surface area contributed by atoms with E-state index in [1.807, 2.05) is 30.3 Å². The van der Waals surface area contributed by atoms with Crippen LogP contribution in [-0.2, 0) is 0 Å². The number of nitrogens with one attached hydrogen (secondary N) is 1. The van der Waals surface area contributed by atoms with E-state index >= 15 is 0 Å². The van der Waals surface area contributed by atoms with Gasteiger partial charge >= 0.3 is 0 Å². The van der Waals surface area contributed by atoms with E-state index in [1.54, 1.807) is 6.92 Å². The zero-order chi connectivity index (χ0) is 17.6. The van der Waals surface area contributed by atoms with Gasteiger partial charge in [0.05, 0.1) is 0 Å². The fourth-order valence-electron chi connectivity index (χ4n) is 4.14. The summed E-state index contributed by atoms with van der Waals surface area (Å²) in [5.74, 6) is 0.932. The van der Waals surface area contributed by atoms with E-state index in [-0.39, 0.29) is 11.7 Å². The van der Waals surface area contributed by atoms with Gasteiger partial charge in [0.2, 0.25) is 0 Å². The van der Waals surface area contributed by atoms with Gasteiger partial charge < -0.3 is 10.2 Å². The number of carbonyl (C=O) groups excluding carboxylic acids is 2. The summed E-state index contributed by atoms with van der Waals surface area (Å²) in [6.07, 6.45) is 0. The van der Waals surface area contributed by atoms with Gasteiger partial charge in [-0.1, -0.05) is 30.3 Å². The topological polar surface area (TPSA) is 49.4 Å². The summed E-state index contributed by atoms with van der Waals surface area (Å²) in [7, 11) is 2.14. The second-order valence-corrected chi connectivity index (χ2v) is 7.24. The smallest absolute Gasteiger partial charge is 0.251 e. The third kappa shape index (κ3) is 2.87. The molecular weight excluding hydrogens is 312 g/mol. The van der Waals surface area contributed by atoms with E-state index in [1.165, 1.54) is 0 Å². The van der Waals surface area contributed by atoms with E-state index < -0.39 is 0 Å². The average Bonchev–Trinajstić information content (AvgIpc) is 2.94. The minimum atomic E-state index is 0.0108. The number of fused-ring (bicyclic) bond motifs is 3. The van der Waals surface area contributed by atoms with Gasteiger partial charge in [-0.05, 0) is 48.7 Å². The highest BCUT2D eigenvalue weighted by molar-refractivity contribution is 5.98. The van der Waals surface area contributed by atoms with Crippen LogP contribution in [0.3, 0.4) is 0 Å². The van der Waals surface area contributed by atoms with Crippen LogP contribution in [0.1, 0.15) is 39.1 Å². The SMILES string of the molecule is CC(=O)c1cccc(-c2ccc3c(c2)C(=O)NC[C@H]2CN(C)C[C@H]32)c1. The molecule has 0 radical (unpaired) electrons. The number of benzene rings is 2. The van der Waals surface area contributed by atoms with Gasteiger partial charge in [-0.2, -0.15) is 0 Å². The Morgan fingerprint density at radius 2 is 1.92 bits per heavy atom. The molecule has 0 unspecified atom stereocenters. The zero-order valence-corrected chi connectivity index (χ0v) is 14.6. The van der Waals surface area contributed by atoms with Crippen molar-refractivity contribution in [2.45, 2.75) is 12.8 Å². The second kappa shape index (κ2) is 6.12. The summed E-state index contributed by atoms with van der Waals surface area (Å²) < 4.78 is 0. The molecule has 2 aromatic rings. The van der Waals surface area contributed by atoms with Crippen LogP contribution in [0.25, 0.3) is 11.1 Å². The summed E-state index contributed by atoms with van der Waals surface area (Å²) in [6.45, 7) is 4.32. The summed E-state index contributed by atoms with van der Waals surface area (Å²) in [5.41, 5.74) is 4.55. The summed E-state index contributed by atoms with van der Waals surface area (Å²) in [4.78, 5) is 26.6. The minimum Gasteiger partial charge on any atom is -0.352 e. The summed E-state index contributed by atoms with van der Waals surface area (Å²) in [6, 6.07) is 13.7. The van der Waals surface area contributed by atoms with Gasteiger partial charge in [-0.3, -0.25) is 9.59 Å². The number of ketones is 1. The summed E-state index contributed by atoms with van der Waals surface area (Å²) in [5, 5.41) is 3.08. The third-order valence-corrected chi connectivity index (χ3v) is 5.45. The largest absolute Gasteiger partial charge is 0.352 e. The lowest BCUT2D eigenvalue weighted by atomic mass is 9.86. The molecule has 128 valence electrons. The Morgan fingerprint density at radius 1 is 1.12 bits per heavy atom. The van der Waals surface area contributed by atoms with Crippen LogP contribution in [0.4, 0.5) is 0 Å². The number of rotatable bonds is 2. The lowest BCUT2D eigenvalue weighted by molar-refractivity contribution is 0.0950. The molecule has 1 amide bonds. The maximum atomic E-state index is 12.6. The first-order chi connectivity index (χ1) is 12.0. The van der Waals surface area contributed by atoms with Crippen LogP contribution < -0.4 is 5.32 Å². The molecule has 4 heteroatoms. The third-order valence-electron chi connectivity index (χ3n) is 5.45. The van der Waals surface area contributed by atoms with Crippen molar-refractivity contribution in [3.05, 3.63) is 59.2 Å². The molecular formula is C21H22N2O2. The Kier molecular flexibility index (Phi) is 3.92. The minimum absolute atomic E-state index is 0.0108. The van der Waals surface area contributed by atoms with Gasteiger partial charge in [-0.25, -0.2) is 0 Å². The first-order valence-electron chi connectivity index (χ1n) is 8.75. The van der Waals surface area contributed by atoms with E-state index in [0.717, 1.165) is 41.9 Å². The molecule has 1 N–H and O–H groups in total. The van der Waals surface area contributed by atoms with E-state index in [2.05, 4.69) is 29.4 Å². The lowest BCUT2D eigenvalue weighted by Gasteiger charge is -2.17. The number of likely N-dealkylation sites (N-methyl/N-ethyl adjacent to an activating group) is 1. The van der Waals surface area contributed by atoms with Crippen molar-refractivity contribution in [3.8, 4) is 11.1 Å². The molecule has 2 aromatic carbocycles. The second-order valence-electron chi connectivity index (χ2n) is 7.24. The van der Waals surface area contributed by atoms with Crippen molar-refractivity contribution in [3.63, 3.8) is 0 Å². The Bertz CT molecular complexity index is 859. The molecule has 1 saturated heterocycles. The quantitative estimate of drug-likeness (QED) is 0.859. The van der Waals surface area contributed by atoms with Gasteiger partial charge in [0.1, 0.15) is 0 Å². The standard InChI is InChI=1S/C21H22N2O2/c1-13(24)14-4-3-5-15(8-14)16-6-7-18-19(9-16)21(25)22-10-17-11-23(2)12-20(17)18/h3-9,17,20H,10-12H2,1-2H3,(H,22,25)/t17-,20-/m0/s1. The maximum Gasteiger partial charge on any atom is 0.251 e. The molecule has 2 atom stereocenters. The average molecular weight is 334 g/mol. The Labute approximate surface area is 147 Å². The van der Waals surface area contributed by atoms with Gasteiger partial charge in [0, 0.05) is 36.7 Å². The van der Waals surface area contributed by atoms with Crippen LogP contribution in [0.2, 0.25) is 0 Å². The molecule has 0 spiro atoms. The molecule has 0 bridgehead atoms. The highest BCUT2D eigenvalue weighted by atomic mass is 16.1. The van der Waals surface area contributed by atoms with Gasteiger partial charge in [0.15, 0.2) is 5.78 Å². The number of amides is 1. The number of carbonyl (C=O) groups is 2. The van der Waals surface area contributed by atoms with Crippen LogP contribution in [0.15, 0.2) is 42.5 Å². The molecule has 1 fully saturated rings. The predicted molar refractivity (Wildman–Crippen MR) is 97.9 cm³/mol. The fourth-order valence-corrected chi connectivity index (χ4v) is 4.14.